The van der Waals surface area contributed by atoms with E-state index in [0.29, 0.717) is 4.34 Å². The van der Waals surface area contributed by atoms with Crippen molar-refractivity contribution < 1.29 is 24.3 Å². The second-order valence-electron chi connectivity index (χ2n) is 7.86. The van der Waals surface area contributed by atoms with Crippen LogP contribution in [0.5, 0.6) is 0 Å². The molecule has 2 saturated heterocycles. The Morgan fingerprint density at radius 3 is 2.91 bits per heavy atom. The lowest BCUT2D eigenvalue weighted by molar-refractivity contribution is -0.157. The summed E-state index contributed by atoms with van der Waals surface area (Å²) in [6, 6.07) is -0.830. The number of nitrogens with one attached hydrogen (secondary N) is 1. The zero-order valence-corrected chi connectivity index (χ0v) is 21.6. The first-order valence-corrected chi connectivity index (χ1v) is 14.0. The molecule has 2 unspecified atom stereocenters. The lowest BCUT2D eigenvalue weighted by atomic mass is 9.89. The van der Waals surface area contributed by atoms with Gasteiger partial charge in [0, 0.05) is 30.0 Å². The highest BCUT2D eigenvalue weighted by Gasteiger charge is 2.57. The fourth-order valence-electron chi connectivity index (χ4n) is 3.33. The van der Waals surface area contributed by atoms with Crippen LogP contribution in [0.2, 0.25) is 0 Å². The third kappa shape index (κ3) is 5.37. The van der Waals surface area contributed by atoms with Crippen molar-refractivity contribution in [3.05, 3.63) is 16.6 Å². The number of β-lactam (4-membered cyclic amide) rings is 1. The topological polar surface area (TPSA) is 199 Å². The Hall–Kier alpha value is -2.47. The van der Waals surface area contributed by atoms with Crippen molar-refractivity contribution >= 4 is 74.8 Å². The average molecular weight is 559 g/mol. The van der Waals surface area contributed by atoms with Crippen LogP contribution in [0.15, 0.2) is 20.4 Å². The van der Waals surface area contributed by atoms with E-state index in [-0.39, 0.29) is 47.0 Å². The van der Waals surface area contributed by atoms with Gasteiger partial charge in [-0.3, -0.25) is 14.4 Å². The van der Waals surface area contributed by atoms with Crippen molar-refractivity contribution in [3.8, 4) is 0 Å². The predicted octanol–water partition coefficient (Wildman–Crippen LogP) is -0.0921. The Balaban J connectivity index is 1.44. The predicted molar refractivity (Wildman–Crippen MR) is 133 cm³/mol. The lowest BCUT2D eigenvalue weighted by Gasteiger charge is -2.53. The standard InChI is InChI=1S/C18H22N8O5S4/c1-8(2-19)31-25-10(9-3-32-16(20)22-9)12(27)23-11-13(28)26-4-18(15(29)30,5-33-14(11)26)6-34-17-24-21-7-35-17/h3,7-8,11,14H,2,4-6,19H2,1H3,(H2,20,22)(H,23,27)(H,29,30)/t8-,11?,14+,18?/m0/s1. The lowest BCUT2D eigenvalue weighted by Crippen LogP contribution is -2.74. The Morgan fingerprint density at radius 1 is 1.49 bits per heavy atom. The summed E-state index contributed by atoms with van der Waals surface area (Å²) in [5, 5.41) is 25.7. The molecule has 2 aliphatic rings. The van der Waals surface area contributed by atoms with Gasteiger partial charge >= 0.3 is 5.97 Å². The Morgan fingerprint density at radius 2 is 2.29 bits per heavy atom. The highest BCUT2D eigenvalue weighted by molar-refractivity contribution is 8.01. The van der Waals surface area contributed by atoms with Crippen LogP contribution >= 0.6 is 46.2 Å². The molecule has 13 nitrogen and oxygen atoms in total. The molecule has 0 spiro atoms. The maximum Gasteiger partial charge on any atom is 0.313 e. The first-order chi connectivity index (χ1) is 16.7. The number of nitrogen functional groups attached to an aromatic ring is 1. The van der Waals surface area contributed by atoms with Crippen molar-refractivity contribution in [2.24, 2.45) is 16.3 Å². The molecule has 4 heterocycles. The third-order valence-electron chi connectivity index (χ3n) is 5.33. The second kappa shape index (κ2) is 10.7. The van der Waals surface area contributed by atoms with Gasteiger partial charge in [0.05, 0.1) is 0 Å². The van der Waals surface area contributed by atoms with E-state index in [1.165, 1.54) is 39.8 Å². The van der Waals surface area contributed by atoms with Gasteiger partial charge in [-0.05, 0) is 6.92 Å². The van der Waals surface area contributed by atoms with Gasteiger partial charge < -0.3 is 31.6 Å². The molecular formula is C18H22N8O5S4. The molecule has 0 aliphatic carbocycles. The van der Waals surface area contributed by atoms with E-state index in [1.807, 2.05) is 0 Å². The zero-order valence-electron chi connectivity index (χ0n) is 18.3. The Kier molecular flexibility index (Phi) is 7.80. The number of aliphatic carboxylic acids is 1. The van der Waals surface area contributed by atoms with E-state index in [4.69, 9.17) is 16.3 Å². The van der Waals surface area contributed by atoms with Crippen LogP contribution in [0.1, 0.15) is 12.6 Å². The zero-order chi connectivity index (χ0) is 25.2. The van der Waals surface area contributed by atoms with E-state index in [0.717, 1.165) is 11.3 Å². The maximum absolute atomic E-state index is 13.0. The van der Waals surface area contributed by atoms with E-state index < -0.39 is 34.8 Å². The monoisotopic (exact) mass is 558 g/mol. The number of thiazole rings is 1. The fraction of sp³-hybridized carbons (Fsp3) is 0.500. The third-order valence-corrected chi connectivity index (χ3v) is 9.74. The summed E-state index contributed by atoms with van der Waals surface area (Å²) in [6.45, 7) is 1.92. The molecule has 17 heteroatoms. The number of hydrogen-bond donors (Lipinski definition) is 4. The largest absolute Gasteiger partial charge is 0.481 e. The highest BCUT2D eigenvalue weighted by Crippen LogP contribution is 2.44. The van der Waals surface area contributed by atoms with E-state index in [9.17, 15) is 19.5 Å². The summed E-state index contributed by atoms with van der Waals surface area (Å²) in [5.74, 6) is -1.48. The molecule has 0 aromatic carbocycles. The van der Waals surface area contributed by atoms with Crippen molar-refractivity contribution in [2.45, 2.75) is 28.8 Å². The minimum absolute atomic E-state index is 0.0394. The second-order valence-corrected chi connectivity index (χ2v) is 11.9. The molecule has 188 valence electrons. The van der Waals surface area contributed by atoms with Gasteiger partial charge in [-0.15, -0.1) is 33.3 Å². The first kappa shape index (κ1) is 25.6. The number of nitrogens with zero attached hydrogens (tertiary/aromatic N) is 5. The molecule has 6 N–H and O–H groups in total. The summed E-state index contributed by atoms with van der Waals surface area (Å²) < 4.78 is 0.665. The van der Waals surface area contributed by atoms with Crippen LogP contribution in [0, 0.1) is 5.41 Å². The molecular weight excluding hydrogens is 537 g/mol. The number of oxime groups is 1. The number of carboxylic acid groups (broad SMARTS) is 1. The van der Waals surface area contributed by atoms with Gasteiger partial charge in [0.25, 0.3) is 5.91 Å². The van der Waals surface area contributed by atoms with Crippen LogP contribution in [-0.4, -0.2) is 90.8 Å². The molecule has 2 amide bonds. The molecule has 2 aromatic heterocycles. The molecule has 0 bridgehead atoms. The number of aromatic nitrogens is 3. The number of nitrogens with two attached hydrogens (primary N) is 2. The molecule has 0 saturated carbocycles. The van der Waals surface area contributed by atoms with Gasteiger partial charge in [-0.1, -0.05) is 28.3 Å². The van der Waals surface area contributed by atoms with Crippen molar-refractivity contribution in [3.63, 3.8) is 0 Å². The van der Waals surface area contributed by atoms with Gasteiger partial charge in [0.15, 0.2) is 15.2 Å². The fourth-order valence-corrected chi connectivity index (χ4v) is 7.23. The highest BCUT2D eigenvalue weighted by atomic mass is 32.2. The van der Waals surface area contributed by atoms with Crippen molar-refractivity contribution in [1.82, 2.24) is 25.4 Å². The van der Waals surface area contributed by atoms with Crippen LogP contribution in [0.4, 0.5) is 5.13 Å². The number of rotatable bonds is 10. The minimum atomic E-state index is -1.14. The Labute approximate surface area is 216 Å². The van der Waals surface area contributed by atoms with Crippen LogP contribution in [0.3, 0.4) is 0 Å². The SMILES string of the molecule is C[C@@H](CN)ON=C(C(=O)NC1C(=O)N2CC(CSc3nncs3)(C(=O)O)CS[C@H]12)c1csc(N)n1. The number of carbonyl (C=O) groups excluding carboxylic acids is 2. The molecule has 2 aromatic rings. The molecule has 4 atom stereocenters. The summed E-state index contributed by atoms with van der Waals surface area (Å²) in [7, 11) is 0. The summed E-state index contributed by atoms with van der Waals surface area (Å²) in [5.41, 5.74) is 11.8. The number of amides is 2. The van der Waals surface area contributed by atoms with Gasteiger partial charge in [0.1, 0.15) is 34.1 Å². The molecule has 35 heavy (non-hydrogen) atoms. The number of carbonyl (C=O) groups is 3. The first-order valence-electron chi connectivity index (χ1n) is 10.2. The quantitative estimate of drug-likeness (QED) is 0.131. The number of thioether (sulfide) groups is 2. The van der Waals surface area contributed by atoms with Crippen molar-refractivity contribution in [1.29, 1.82) is 0 Å². The minimum Gasteiger partial charge on any atom is -0.481 e. The smallest absolute Gasteiger partial charge is 0.313 e. The number of carboxylic acids is 1. The summed E-state index contributed by atoms with van der Waals surface area (Å²) >= 11 is 5.08. The molecule has 4 rings (SSSR count). The maximum atomic E-state index is 13.0. The van der Waals surface area contributed by atoms with E-state index in [2.05, 4.69) is 25.7 Å². The molecule has 0 radical (unpaired) electrons. The average Bonchev–Trinajstić information content (AvgIpc) is 3.52. The van der Waals surface area contributed by atoms with Crippen LogP contribution in [0.25, 0.3) is 0 Å². The Bertz CT molecular complexity index is 1130. The van der Waals surface area contributed by atoms with Crippen LogP contribution < -0.4 is 16.8 Å². The molecule has 2 aliphatic heterocycles. The van der Waals surface area contributed by atoms with Gasteiger partial charge in [-0.25, -0.2) is 4.98 Å². The molecule has 2 fully saturated rings. The number of anilines is 1. The van der Waals surface area contributed by atoms with E-state index in [1.54, 1.807) is 17.8 Å². The number of fused-ring (bicyclic) bond motifs is 1. The summed E-state index contributed by atoms with van der Waals surface area (Å²) in [6.07, 6.45) is -0.439. The van der Waals surface area contributed by atoms with Crippen LogP contribution in [-0.2, 0) is 19.2 Å². The number of hydrogen-bond acceptors (Lipinski definition) is 14. The van der Waals surface area contributed by atoms with Gasteiger partial charge in [-0.2, -0.15) is 0 Å². The normalized spacial score (nSPS) is 24.9. The van der Waals surface area contributed by atoms with E-state index >= 15 is 0 Å². The van der Waals surface area contributed by atoms with Crippen molar-refractivity contribution in [2.75, 3.05) is 30.3 Å². The van der Waals surface area contributed by atoms with Gasteiger partial charge in [0.2, 0.25) is 5.91 Å². The summed E-state index contributed by atoms with van der Waals surface area (Å²) in [4.78, 5) is 48.9.